The van der Waals surface area contributed by atoms with Gasteiger partial charge in [-0.15, -0.1) is 0 Å². The minimum Gasteiger partial charge on any atom is -0.481 e. The molecule has 0 aromatic carbocycles. The van der Waals surface area contributed by atoms with Gasteiger partial charge in [0.05, 0.1) is 5.92 Å². The maximum Gasteiger partial charge on any atom is 0.400 e. The Morgan fingerprint density at radius 3 is 2.38 bits per heavy atom. The number of aliphatic carboxylic acids is 1. The number of amides is 1. The van der Waals surface area contributed by atoms with E-state index in [9.17, 15) is 22.8 Å². The normalized spacial score (nSPS) is 23.2. The summed E-state index contributed by atoms with van der Waals surface area (Å²) in [7, 11) is 0. The molecule has 1 heterocycles. The molecule has 1 aliphatic rings. The van der Waals surface area contributed by atoms with Crippen molar-refractivity contribution in [2.24, 2.45) is 11.8 Å². The summed E-state index contributed by atoms with van der Waals surface area (Å²) in [6.07, 6.45) is -4.36. The average Bonchev–Trinajstić information content (AvgIpc) is 2.62. The van der Waals surface area contributed by atoms with Gasteiger partial charge in [0.15, 0.2) is 0 Å². The molecule has 0 aromatic rings. The molecule has 1 rings (SSSR count). The van der Waals surface area contributed by atoms with Gasteiger partial charge in [0, 0.05) is 13.1 Å². The summed E-state index contributed by atoms with van der Waals surface area (Å²) in [5.74, 6) is -4.93. The molecule has 2 atom stereocenters. The first kappa shape index (κ1) is 12.8. The van der Waals surface area contributed by atoms with Crippen molar-refractivity contribution >= 4 is 11.9 Å². The van der Waals surface area contributed by atoms with E-state index in [0.717, 1.165) is 11.8 Å². The lowest BCUT2D eigenvalue weighted by Crippen LogP contribution is -2.40. The van der Waals surface area contributed by atoms with Gasteiger partial charge in [-0.05, 0) is 13.3 Å². The van der Waals surface area contributed by atoms with Gasteiger partial charge in [-0.2, -0.15) is 13.2 Å². The second kappa shape index (κ2) is 4.31. The maximum absolute atomic E-state index is 12.2. The highest BCUT2D eigenvalue weighted by molar-refractivity contribution is 5.81. The Bertz CT molecular complexity index is 303. The third-order valence-electron chi connectivity index (χ3n) is 2.71. The third-order valence-corrected chi connectivity index (χ3v) is 2.71. The van der Waals surface area contributed by atoms with E-state index < -0.39 is 29.9 Å². The molecule has 92 valence electrons. The molecule has 1 N–H and O–H groups in total. The van der Waals surface area contributed by atoms with Crippen molar-refractivity contribution < 1.29 is 27.9 Å². The summed E-state index contributed by atoms with van der Waals surface area (Å²) in [5.41, 5.74) is 0. The Morgan fingerprint density at radius 1 is 1.44 bits per heavy atom. The lowest BCUT2D eigenvalue weighted by atomic mass is 10.1. The molecular formula is C9H12F3NO3. The highest BCUT2D eigenvalue weighted by atomic mass is 19.4. The molecule has 0 saturated carbocycles. The van der Waals surface area contributed by atoms with Gasteiger partial charge >= 0.3 is 12.1 Å². The first-order valence-corrected chi connectivity index (χ1v) is 4.81. The summed E-state index contributed by atoms with van der Waals surface area (Å²) in [6.45, 7) is 0.737. The monoisotopic (exact) mass is 239 g/mol. The fraction of sp³-hybridized carbons (Fsp3) is 0.778. The molecule has 0 spiro atoms. The van der Waals surface area contributed by atoms with E-state index in [1.807, 2.05) is 0 Å². The predicted molar refractivity (Wildman–Crippen MR) is 47.5 cm³/mol. The Balaban J connectivity index is 2.61. The molecule has 0 bridgehead atoms. The SMILES string of the molecule is CC(C(=O)N1CCC(C(=O)O)C1)C(F)(F)F. The van der Waals surface area contributed by atoms with Crippen molar-refractivity contribution in [3.63, 3.8) is 0 Å². The largest absolute Gasteiger partial charge is 0.481 e. The first-order valence-electron chi connectivity index (χ1n) is 4.81. The van der Waals surface area contributed by atoms with Gasteiger partial charge in [-0.3, -0.25) is 9.59 Å². The number of hydrogen-bond acceptors (Lipinski definition) is 2. The topological polar surface area (TPSA) is 57.6 Å². The van der Waals surface area contributed by atoms with E-state index in [-0.39, 0.29) is 19.5 Å². The molecule has 2 unspecified atom stereocenters. The fourth-order valence-electron chi connectivity index (χ4n) is 1.58. The summed E-state index contributed by atoms with van der Waals surface area (Å²) < 4.78 is 36.7. The number of carboxylic acids is 1. The van der Waals surface area contributed by atoms with Crippen LogP contribution in [0.5, 0.6) is 0 Å². The zero-order valence-electron chi connectivity index (χ0n) is 8.62. The van der Waals surface area contributed by atoms with Crippen LogP contribution in [0.2, 0.25) is 0 Å². The van der Waals surface area contributed by atoms with E-state index in [2.05, 4.69) is 0 Å². The van der Waals surface area contributed by atoms with Crippen molar-refractivity contribution in [1.82, 2.24) is 4.90 Å². The van der Waals surface area contributed by atoms with Crippen LogP contribution in [0.3, 0.4) is 0 Å². The number of likely N-dealkylation sites (tertiary alicyclic amines) is 1. The number of carbonyl (C=O) groups is 2. The van der Waals surface area contributed by atoms with Gasteiger partial charge < -0.3 is 10.0 Å². The van der Waals surface area contributed by atoms with Crippen LogP contribution < -0.4 is 0 Å². The van der Waals surface area contributed by atoms with Gasteiger partial charge in [0.25, 0.3) is 0 Å². The molecular weight excluding hydrogens is 227 g/mol. The van der Waals surface area contributed by atoms with E-state index in [4.69, 9.17) is 5.11 Å². The highest BCUT2D eigenvalue weighted by Crippen LogP contribution is 2.29. The Hall–Kier alpha value is -1.27. The van der Waals surface area contributed by atoms with Crippen LogP contribution in [0.1, 0.15) is 13.3 Å². The smallest absolute Gasteiger partial charge is 0.400 e. The first-order chi connectivity index (χ1) is 7.23. The molecule has 0 aromatic heterocycles. The summed E-state index contributed by atoms with van der Waals surface area (Å²) in [4.78, 5) is 22.9. The van der Waals surface area contributed by atoms with Gasteiger partial charge in [-0.1, -0.05) is 0 Å². The van der Waals surface area contributed by atoms with Crippen molar-refractivity contribution in [3.05, 3.63) is 0 Å². The van der Waals surface area contributed by atoms with Crippen molar-refractivity contribution in [2.75, 3.05) is 13.1 Å². The van der Waals surface area contributed by atoms with E-state index >= 15 is 0 Å². The van der Waals surface area contributed by atoms with Crippen LogP contribution in [0.25, 0.3) is 0 Å². The Morgan fingerprint density at radius 2 is 2.00 bits per heavy atom. The summed E-state index contributed by atoms with van der Waals surface area (Å²) in [5, 5.41) is 8.65. The van der Waals surface area contributed by atoms with E-state index in [1.54, 1.807) is 0 Å². The second-order valence-electron chi connectivity index (χ2n) is 3.87. The minimum atomic E-state index is -4.57. The molecule has 4 nitrogen and oxygen atoms in total. The molecule has 0 aliphatic carbocycles. The highest BCUT2D eigenvalue weighted by Gasteiger charge is 2.44. The minimum absolute atomic E-state index is 0.0796. The van der Waals surface area contributed by atoms with Crippen LogP contribution in [-0.2, 0) is 9.59 Å². The standard InChI is InChI=1S/C9H12F3NO3/c1-5(9(10,11)12)7(14)13-3-2-6(4-13)8(15)16/h5-6H,2-4H2,1H3,(H,15,16). The lowest BCUT2D eigenvalue weighted by Gasteiger charge is -2.22. The number of halogens is 3. The summed E-state index contributed by atoms with van der Waals surface area (Å²) >= 11 is 0. The third kappa shape index (κ3) is 2.65. The number of rotatable bonds is 2. The molecule has 1 amide bonds. The van der Waals surface area contributed by atoms with Crippen LogP contribution in [-0.4, -0.2) is 41.1 Å². The van der Waals surface area contributed by atoms with Gasteiger partial charge in [0.1, 0.15) is 5.92 Å². The van der Waals surface area contributed by atoms with Gasteiger partial charge in [0.2, 0.25) is 5.91 Å². The van der Waals surface area contributed by atoms with Crippen LogP contribution >= 0.6 is 0 Å². The van der Waals surface area contributed by atoms with Crippen molar-refractivity contribution in [3.8, 4) is 0 Å². The number of hydrogen-bond donors (Lipinski definition) is 1. The van der Waals surface area contributed by atoms with Crippen LogP contribution in [0, 0.1) is 11.8 Å². The van der Waals surface area contributed by atoms with E-state index in [0.29, 0.717) is 0 Å². The Kier molecular flexibility index (Phi) is 3.44. The molecule has 0 radical (unpaired) electrons. The number of nitrogens with zero attached hydrogens (tertiary/aromatic N) is 1. The van der Waals surface area contributed by atoms with E-state index in [1.165, 1.54) is 0 Å². The second-order valence-corrected chi connectivity index (χ2v) is 3.87. The quantitative estimate of drug-likeness (QED) is 0.785. The molecule has 7 heteroatoms. The fourth-order valence-corrected chi connectivity index (χ4v) is 1.58. The average molecular weight is 239 g/mol. The van der Waals surface area contributed by atoms with Crippen molar-refractivity contribution in [2.45, 2.75) is 19.5 Å². The molecule has 1 saturated heterocycles. The predicted octanol–water partition coefficient (Wildman–Crippen LogP) is 1.12. The van der Waals surface area contributed by atoms with Crippen molar-refractivity contribution in [1.29, 1.82) is 0 Å². The number of alkyl halides is 3. The Labute approximate surface area is 90.0 Å². The van der Waals surface area contributed by atoms with Gasteiger partial charge in [-0.25, -0.2) is 0 Å². The zero-order valence-corrected chi connectivity index (χ0v) is 8.62. The lowest BCUT2D eigenvalue weighted by molar-refractivity contribution is -0.184. The van der Waals surface area contributed by atoms with Crippen LogP contribution in [0.4, 0.5) is 13.2 Å². The summed E-state index contributed by atoms with van der Waals surface area (Å²) in [6, 6.07) is 0. The zero-order chi connectivity index (χ0) is 12.5. The molecule has 16 heavy (non-hydrogen) atoms. The van der Waals surface area contributed by atoms with Crippen LogP contribution in [0.15, 0.2) is 0 Å². The maximum atomic E-state index is 12.2. The number of carboxylic acid groups (broad SMARTS) is 1. The number of carbonyl (C=O) groups excluding carboxylic acids is 1. The molecule has 1 aliphatic heterocycles. The molecule has 1 fully saturated rings.